The summed E-state index contributed by atoms with van der Waals surface area (Å²) in [6, 6.07) is 0.466. The second-order valence-corrected chi connectivity index (χ2v) is 8.83. The lowest BCUT2D eigenvalue weighted by atomic mass is 9.92. The van der Waals surface area contributed by atoms with Crippen molar-refractivity contribution in [3.63, 3.8) is 0 Å². The maximum atomic E-state index is 11.5. The van der Waals surface area contributed by atoms with E-state index < -0.39 is 0 Å². The summed E-state index contributed by atoms with van der Waals surface area (Å²) in [6.45, 7) is 15.7. The minimum atomic E-state index is -0.156. The number of nitrogens with two attached hydrogens (primary N) is 1. The van der Waals surface area contributed by atoms with Gasteiger partial charge in [0.2, 0.25) is 5.91 Å². The first kappa shape index (κ1) is 25.9. The van der Waals surface area contributed by atoms with Crippen LogP contribution in [0.2, 0.25) is 0 Å². The molecule has 180 valence electrons. The molecular weight excluding hydrogens is 392 g/mol. The van der Waals surface area contributed by atoms with Crippen LogP contribution in [-0.2, 0) is 9.53 Å². The zero-order valence-corrected chi connectivity index (χ0v) is 20.1. The normalized spacial score (nSPS) is 22.5. The molecule has 2 aliphatic rings. The van der Waals surface area contributed by atoms with Crippen LogP contribution >= 0.6 is 0 Å². The molecule has 0 radical (unpaired) electrons. The number of primary amides is 1. The number of ether oxygens (including phenoxy) is 1. The van der Waals surface area contributed by atoms with E-state index in [-0.39, 0.29) is 11.8 Å². The number of piperidine rings is 1. The van der Waals surface area contributed by atoms with E-state index in [2.05, 4.69) is 41.2 Å². The highest BCUT2D eigenvalue weighted by atomic mass is 16.5. The second kappa shape index (κ2) is 14.6. The van der Waals surface area contributed by atoms with Gasteiger partial charge in [-0.05, 0) is 45.2 Å². The number of guanidine groups is 1. The van der Waals surface area contributed by atoms with Gasteiger partial charge in [0.1, 0.15) is 0 Å². The van der Waals surface area contributed by atoms with Gasteiger partial charge < -0.3 is 26.0 Å². The Morgan fingerprint density at radius 3 is 2.55 bits per heavy atom. The zero-order chi connectivity index (χ0) is 22.5. The van der Waals surface area contributed by atoms with Gasteiger partial charge >= 0.3 is 0 Å². The predicted molar refractivity (Wildman–Crippen MR) is 127 cm³/mol. The van der Waals surface area contributed by atoms with Crippen molar-refractivity contribution < 1.29 is 9.53 Å². The Hall–Kier alpha value is -1.38. The first-order valence-electron chi connectivity index (χ1n) is 12.4. The first-order chi connectivity index (χ1) is 15.1. The van der Waals surface area contributed by atoms with Crippen LogP contribution in [0.5, 0.6) is 0 Å². The van der Waals surface area contributed by atoms with E-state index in [9.17, 15) is 4.79 Å². The monoisotopic (exact) mass is 438 g/mol. The van der Waals surface area contributed by atoms with Crippen molar-refractivity contribution in [2.45, 2.75) is 58.9 Å². The quantitative estimate of drug-likeness (QED) is 0.241. The van der Waals surface area contributed by atoms with Crippen molar-refractivity contribution in [3.8, 4) is 0 Å². The molecule has 0 aliphatic carbocycles. The molecule has 31 heavy (non-hydrogen) atoms. The molecule has 2 rings (SSSR count). The molecular formula is C23H46N6O2. The highest BCUT2D eigenvalue weighted by molar-refractivity contribution is 5.79. The molecule has 2 unspecified atom stereocenters. The summed E-state index contributed by atoms with van der Waals surface area (Å²) >= 11 is 0. The van der Waals surface area contributed by atoms with Gasteiger partial charge in [-0.1, -0.05) is 26.7 Å². The van der Waals surface area contributed by atoms with Gasteiger partial charge in [-0.2, -0.15) is 0 Å². The number of likely N-dealkylation sites (tertiary alicyclic amines) is 1. The number of amides is 1. The highest BCUT2D eigenvalue weighted by Gasteiger charge is 2.27. The Bertz CT molecular complexity index is 534. The molecule has 1 amide bonds. The van der Waals surface area contributed by atoms with Crippen molar-refractivity contribution in [1.29, 1.82) is 0 Å². The first-order valence-corrected chi connectivity index (χ1v) is 12.4. The molecule has 2 heterocycles. The molecule has 4 N–H and O–H groups in total. The summed E-state index contributed by atoms with van der Waals surface area (Å²) in [7, 11) is 0. The van der Waals surface area contributed by atoms with E-state index in [0.29, 0.717) is 12.0 Å². The van der Waals surface area contributed by atoms with E-state index in [1.807, 2.05) is 0 Å². The Morgan fingerprint density at radius 1 is 1.16 bits per heavy atom. The average Bonchev–Trinajstić information content (AvgIpc) is 2.80. The summed E-state index contributed by atoms with van der Waals surface area (Å²) in [5.41, 5.74) is 5.50. The van der Waals surface area contributed by atoms with E-state index >= 15 is 0 Å². The minimum Gasteiger partial charge on any atom is -0.379 e. The summed E-state index contributed by atoms with van der Waals surface area (Å²) in [5.74, 6) is 1.42. The van der Waals surface area contributed by atoms with Gasteiger partial charge in [-0.25, -0.2) is 0 Å². The average molecular weight is 439 g/mol. The van der Waals surface area contributed by atoms with Crippen LogP contribution in [0.15, 0.2) is 4.99 Å². The molecule has 0 aromatic rings. The third-order valence-corrected chi connectivity index (χ3v) is 6.74. The van der Waals surface area contributed by atoms with Crippen molar-refractivity contribution >= 4 is 11.9 Å². The minimum absolute atomic E-state index is 0.0165. The molecule has 0 spiro atoms. The largest absolute Gasteiger partial charge is 0.379 e. The van der Waals surface area contributed by atoms with Gasteiger partial charge in [0.25, 0.3) is 0 Å². The molecule has 2 atom stereocenters. The van der Waals surface area contributed by atoms with Gasteiger partial charge in [0.15, 0.2) is 5.96 Å². The number of nitrogens with one attached hydrogen (secondary N) is 2. The van der Waals surface area contributed by atoms with Crippen LogP contribution in [0.25, 0.3) is 0 Å². The standard InChI is InChI=1S/C23H46N6O2/c1-4-19(5-2)21(29-13-15-31-16-14-29)17-27-23(25-6-3)26-10-8-12-28-11-7-9-20(18-28)22(24)30/h19-21H,4-18H2,1-3H3,(H2,24,30)(H2,25,26,27). The van der Waals surface area contributed by atoms with Crippen LogP contribution in [0, 0.1) is 11.8 Å². The lowest BCUT2D eigenvalue weighted by Crippen LogP contribution is -2.49. The van der Waals surface area contributed by atoms with E-state index in [0.717, 1.165) is 90.8 Å². The fraction of sp³-hybridized carbons (Fsp3) is 0.913. The van der Waals surface area contributed by atoms with E-state index in [1.54, 1.807) is 0 Å². The predicted octanol–water partition coefficient (Wildman–Crippen LogP) is 1.27. The number of morpholine rings is 1. The van der Waals surface area contributed by atoms with Crippen LogP contribution in [0.3, 0.4) is 0 Å². The fourth-order valence-corrected chi connectivity index (χ4v) is 4.83. The number of hydrogen-bond acceptors (Lipinski definition) is 5. The molecule has 0 bridgehead atoms. The van der Waals surface area contributed by atoms with Crippen molar-refractivity contribution in [2.75, 3.05) is 65.6 Å². The maximum absolute atomic E-state index is 11.5. The Labute approximate surface area is 189 Å². The van der Waals surface area contributed by atoms with Gasteiger partial charge in [0.05, 0.1) is 25.7 Å². The van der Waals surface area contributed by atoms with Crippen LogP contribution in [0.1, 0.15) is 52.9 Å². The highest BCUT2D eigenvalue weighted by Crippen LogP contribution is 2.20. The van der Waals surface area contributed by atoms with Crippen LogP contribution in [0.4, 0.5) is 0 Å². The van der Waals surface area contributed by atoms with Crippen molar-refractivity contribution in [1.82, 2.24) is 20.4 Å². The van der Waals surface area contributed by atoms with Crippen LogP contribution in [-0.4, -0.2) is 93.3 Å². The number of nitrogens with zero attached hydrogens (tertiary/aromatic N) is 3. The smallest absolute Gasteiger partial charge is 0.221 e. The lowest BCUT2D eigenvalue weighted by molar-refractivity contribution is -0.123. The molecule has 8 nitrogen and oxygen atoms in total. The zero-order valence-electron chi connectivity index (χ0n) is 20.1. The Balaban J connectivity index is 1.83. The van der Waals surface area contributed by atoms with Crippen molar-refractivity contribution in [2.24, 2.45) is 22.6 Å². The number of carbonyl (C=O) groups is 1. The third-order valence-electron chi connectivity index (χ3n) is 6.74. The Morgan fingerprint density at radius 2 is 1.90 bits per heavy atom. The van der Waals surface area contributed by atoms with Gasteiger partial charge in [-0.15, -0.1) is 0 Å². The fourth-order valence-electron chi connectivity index (χ4n) is 4.83. The van der Waals surface area contributed by atoms with E-state index in [4.69, 9.17) is 15.5 Å². The third kappa shape index (κ3) is 8.94. The summed E-state index contributed by atoms with van der Waals surface area (Å²) < 4.78 is 5.56. The molecule has 2 fully saturated rings. The molecule has 0 aromatic heterocycles. The number of hydrogen-bond donors (Lipinski definition) is 3. The number of rotatable bonds is 12. The van der Waals surface area contributed by atoms with Crippen LogP contribution < -0.4 is 16.4 Å². The Kier molecular flexibility index (Phi) is 12.2. The van der Waals surface area contributed by atoms with Crippen molar-refractivity contribution in [3.05, 3.63) is 0 Å². The molecule has 8 heteroatoms. The number of aliphatic imine (C=N–C) groups is 1. The molecule has 0 aromatic carbocycles. The molecule has 0 saturated carbocycles. The summed E-state index contributed by atoms with van der Waals surface area (Å²) in [6.07, 6.45) is 5.38. The SMILES string of the molecule is CCNC(=NCC(C(CC)CC)N1CCOCC1)NCCCN1CCCC(C(N)=O)C1. The maximum Gasteiger partial charge on any atom is 0.221 e. The second-order valence-electron chi connectivity index (χ2n) is 8.83. The topological polar surface area (TPSA) is 95.2 Å². The number of carbonyl (C=O) groups excluding carboxylic acids is 1. The summed E-state index contributed by atoms with van der Waals surface area (Å²) in [4.78, 5) is 21.4. The van der Waals surface area contributed by atoms with Gasteiger partial charge in [-0.3, -0.25) is 14.7 Å². The molecule has 2 saturated heterocycles. The lowest BCUT2D eigenvalue weighted by Gasteiger charge is -2.38. The summed E-state index contributed by atoms with van der Waals surface area (Å²) in [5, 5.41) is 6.90. The molecule has 2 aliphatic heterocycles. The van der Waals surface area contributed by atoms with Gasteiger partial charge in [0, 0.05) is 38.8 Å². The van der Waals surface area contributed by atoms with E-state index in [1.165, 1.54) is 12.8 Å².